The number of methoxy groups -OCH3 is 1. The lowest BCUT2D eigenvalue weighted by Gasteiger charge is -2.33. The molecule has 1 fully saturated rings. The molecule has 0 radical (unpaired) electrons. The van der Waals surface area contributed by atoms with Gasteiger partial charge in [0, 0.05) is 11.9 Å². The number of ether oxygens (including phenoxy) is 3. The summed E-state index contributed by atoms with van der Waals surface area (Å²) in [4.78, 5) is 18.3. The summed E-state index contributed by atoms with van der Waals surface area (Å²) in [6.07, 6.45) is -0.891. The molecule has 1 amide bonds. The number of amides is 1. The minimum atomic E-state index is -1.02. The smallest absolute Gasteiger partial charge is 0.410 e. The van der Waals surface area contributed by atoms with Crippen LogP contribution < -0.4 is 4.74 Å². The Kier molecular flexibility index (Phi) is 5.85. The molecule has 0 N–H and O–H groups in total. The average Bonchev–Trinajstić information content (AvgIpc) is 3.12. The van der Waals surface area contributed by atoms with Crippen LogP contribution in [0.25, 0.3) is 11.3 Å². The van der Waals surface area contributed by atoms with Gasteiger partial charge >= 0.3 is 6.09 Å². The fraction of sp³-hybridized carbons (Fsp3) is 0.474. The molecule has 28 heavy (non-hydrogen) atoms. The number of aromatic nitrogens is 1. The number of nitrogens with zero attached hydrogens (tertiary/aromatic N) is 2. The molecule has 2 heterocycles. The van der Waals surface area contributed by atoms with Gasteiger partial charge in [0.1, 0.15) is 22.5 Å². The summed E-state index contributed by atoms with van der Waals surface area (Å²) in [5.41, 5.74) is -0.373. The highest BCUT2D eigenvalue weighted by molar-refractivity contribution is 7.10. The molecule has 3 rings (SSSR count). The Morgan fingerprint density at radius 2 is 2.11 bits per heavy atom. The molecule has 1 aromatic carbocycles. The van der Waals surface area contributed by atoms with Crippen LogP contribution >= 0.6 is 11.3 Å². The topological polar surface area (TPSA) is 60.9 Å². The first kappa shape index (κ1) is 20.5. The van der Waals surface area contributed by atoms with Gasteiger partial charge in [0.2, 0.25) is 0 Å². The van der Waals surface area contributed by atoms with Gasteiger partial charge in [-0.15, -0.1) is 11.3 Å². The van der Waals surface area contributed by atoms with E-state index in [4.69, 9.17) is 14.2 Å². The highest BCUT2D eigenvalue weighted by atomic mass is 32.1. The van der Waals surface area contributed by atoms with E-state index in [1.165, 1.54) is 24.5 Å². The lowest BCUT2D eigenvalue weighted by molar-refractivity contribution is -0.0433. The van der Waals surface area contributed by atoms with Crippen LogP contribution in [0.15, 0.2) is 17.5 Å². The third kappa shape index (κ3) is 4.41. The van der Waals surface area contributed by atoms with Crippen LogP contribution in [0.1, 0.15) is 31.9 Å². The summed E-state index contributed by atoms with van der Waals surface area (Å²) in [5.74, 6) is -1.80. The van der Waals surface area contributed by atoms with Crippen molar-refractivity contribution in [2.24, 2.45) is 0 Å². The summed E-state index contributed by atoms with van der Waals surface area (Å²) in [5, 5.41) is 2.18. The maximum Gasteiger partial charge on any atom is 0.410 e. The summed E-state index contributed by atoms with van der Waals surface area (Å²) in [6.45, 7) is 6.42. The number of hydrogen-bond donors (Lipinski definition) is 0. The fourth-order valence-corrected chi connectivity index (χ4v) is 3.63. The van der Waals surface area contributed by atoms with E-state index in [1.807, 2.05) is 0 Å². The third-order valence-corrected chi connectivity index (χ3v) is 4.98. The molecule has 2 aromatic rings. The number of benzene rings is 1. The zero-order chi connectivity index (χ0) is 20.5. The summed E-state index contributed by atoms with van der Waals surface area (Å²) in [7, 11) is 1.38. The van der Waals surface area contributed by atoms with Gasteiger partial charge in [-0.2, -0.15) is 0 Å². The Morgan fingerprint density at radius 1 is 1.36 bits per heavy atom. The van der Waals surface area contributed by atoms with E-state index in [1.54, 1.807) is 31.1 Å². The van der Waals surface area contributed by atoms with E-state index in [0.29, 0.717) is 18.2 Å². The standard InChI is InChI=1S/C19H22F2N2O4S/c1-19(2,3)27-18(24)23-7-8-26-14(9-23)17-22-12(10-28-17)15-13(25-4)6-5-11(20)16(15)21/h5-6,10,14H,7-9H2,1-4H3/t14-/m1/s1. The molecule has 1 atom stereocenters. The first-order valence-electron chi connectivity index (χ1n) is 8.77. The third-order valence-electron chi connectivity index (χ3n) is 4.05. The van der Waals surface area contributed by atoms with E-state index in [9.17, 15) is 13.6 Å². The normalized spacial score (nSPS) is 17.5. The fourth-order valence-electron chi connectivity index (χ4n) is 2.78. The zero-order valence-corrected chi connectivity index (χ0v) is 16.9. The number of morpholine rings is 1. The Hall–Kier alpha value is -2.26. The lowest BCUT2D eigenvalue weighted by Crippen LogP contribution is -2.44. The highest BCUT2D eigenvalue weighted by Crippen LogP contribution is 2.36. The first-order chi connectivity index (χ1) is 13.2. The van der Waals surface area contributed by atoms with Crippen molar-refractivity contribution in [2.75, 3.05) is 26.8 Å². The van der Waals surface area contributed by atoms with Crippen molar-refractivity contribution in [2.45, 2.75) is 32.5 Å². The Bertz CT molecular complexity index is 866. The van der Waals surface area contributed by atoms with Gasteiger partial charge in [-0.25, -0.2) is 18.6 Å². The minimum Gasteiger partial charge on any atom is -0.496 e. The first-order valence-corrected chi connectivity index (χ1v) is 9.65. The SMILES string of the molecule is COc1ccc(F)c(F)c1-c1csc([C@H]2CN(C(=O)OC(C)(C)C)CCO2)n1. The van der Waals surface area contributed by atoms with Crippen LogP contribution in [0.2, 0.25) is 0 Å². The highest BCUT2D eigenvalue weighted by Gasteiger charge is 2.31. The average molecular weight is 412 g/mol. The minimum absolute atomic E-state index is 0.0372. The molecule has 0 saturated carbocycles. The molecule has 6 nitrogen and oxygen atoms in total. The van der Waals surface area contributed by atoms with Gasteiger partial charge in [0.15, 0.2) is 11.6 Å². The molecule has 0 spiro atoms. The van der Waals surface area contributed by atoms with Crippen LogP contribution in [-0.4, -0.2) is 48.4 Å². The van der Waals surface area contributed by atoms with E-state index >= 15 is 0 Å². The van der Waals surface area contributed by atoms with Crippen LogP contribution in [-0.2, 0) is 9.47 Å². The molecule has 9 heteroatoms. The second-order valence-corrected chi connectivity index (χ2v) is 8.19. The van der Waals surface area contributed by atoms with Crippen molar-refractivity contribution >= 4 is 17.4 Å². The van der Waals surface area contributed by atoms with E-state index in [0.717, 1.165) is 6.07 Å². The molecular formula is C19H22F2N2O4S. The van der Waals surface area contributed by atoms with Crippen molar-refractivity contribution in [1.29, 1.82) is 0 Å². The monoisotopic (exact) mass is 412 g/mol. The molecular weight excluding hydrogens is 390 g/mol. The van der Waals surface area contributed by atoms with Gasteiger partial charge in [0.25, 0.3) is 0 Å². The number of halogens is 2. The Balaban J connectivity index is 1.81. The summed E-state index contributed by atoms with van der Waals surface area (Å²) < 4.78 is 44.3. The number of carbonyl (C=O) groups excluding carboxylic acids is 1. The van der Waals surface area contributed by atoms with E-state index in [2.05, 4.69) is 4.98 Å². The molecule has 0 aliphatic carbocycles. The van der Waals surface area contributed by atoms with Gasteiger partial charge < -0.3 is 19.1 Å². The van der Waals surface area contributed by atoms with E-state index < -0.39 is 29.4 Å². The van der Waals surface area contributed by atoms with Gasteiger partial charge in [-0.3, -0.25) is 0 Å². The van der Waals surface area contributed by atoms with Crippen molar-refractivity contribution < 1.29 is 27.8 Å². The van der Waals surface area contributed by atoms with Crippen molar-refractivity contribution in [1.82, 2.24) is 9.88 Å². The van der Waals surface area contributed by atoms with Crippen molar-refractivity contribution in [3.8, 4) is 17.0 Å². The summed E-state index contributed by atoms with van der Waals surface area (Å²) in [6, 6.07) is 2.36. The zero-order valence-electron chi connectivity index (χ0n) is 16.1. The predicted octanol–water partition coefficient (Wildman–Crippen LogP) is 4.41. The summed E-state index contributed by atoms with van der Waals surface area (Å²) >= 11 is 1.25. The second-order valence-electron chi connectivity index (χ2n) is 7.30. The van der Waals surface area contributed by atoms with Crippen LogP contribution in [0.3, 0.4) is 0 Å². The predicted molar refractivity (Wildman–Crippen MR) is 101 cm³/mol. The second kappa shape index (κ2) is 8.00. The number of rotatable bonds is 3. The van der Waals surface area contributed by atoms with Crippen LogP contribution in [0.5, 0.6) is 5.75 Å². The van der Waals surface area contributed by atoms with E-state index in [-0.39, 0.29) is 23.6 Å². The number of carbonyl (C=O) groups is 1. The lowest BCUT2D eigenvalue weighted by atomic mass is 10.1. The largest absolute Gasteiger partial charge is 0.496 e. The number of hydrogen-bond acceptors (Lipinski definition) is 6. The Morgan fingerprint density at radius 3 is 2.79 bits per heavy atom. The van der Waals surface area contributed by atoms with Crippen molar-refractivity contribution in [3.05, 3.63) is 34.2 Å². The number of thiazole rings is 1. The van der Waals surface area contributed by atoms with Crippen LogP contribution in [0.4, 0.5) is 13.6 Å². The molecule has 0 bridgehead atoms. The molecule has 1 aromatic heterocycles. The maximum absolute atomic E-state index is 14.3. The van der Waals surface area contributed by atoms with Gasteiger partial charge in [-0.05, 0) is 32.9 Å². The quantitative estimate of drug-likeness (QED) is 0.748. The Labute approximate surface area is 166 Å². The maximum atomic E-state index is 14.3. The van der Waals surface area contributed by atoms with Gasteiger partial charge in [0.05, 0.1) is 31.5 Å². The molecule has 152 valence electrons. The van der Waals surface area contributed by atoms with Crippen LogP contribution in [0, 0.1) is 11.6 Å². The molecule has 1 aliphatic rings. The van der Waals surface area contributed by atoms with Gasteiger partial charge in [-0.1, -0.05) is 0 Å². The molecule has 1 saturated heterocycles. The van der Waals surface area contributed by atoms with Crippen molar-refractivity contribution in [3.63, 3.8) is 0 Å². The molecule has 1 aliphatic heterocycles. The molecule has 0 unspecified atom stereocenters.